The highest BCUT2D eigenvalue weighted by atomic mass is 32.2. The van der Waals surface area contributed by atoms with Crippen molar-refractivity contribution in [3.05, 3.63) is 59.2 Å². The number of carbonyl (C=O) groups is 1. The van der Waals surface area contributed by atoms with Gasteiger partial charge in [0.2, 0.25) is 0 Å². The second-order valence-electron chi connectivity index (χ2n) is 6.90. The molecule has 2 N–H and O–H groups in total. The van der Waals surface area contributed by atoms with E-state index in [9.17, 15) is 9.90 Å². The number of nitrogens with zero attached hydrogens (tertiary/aromatic N) is 2. The predicted octanol–water partition coefficient (Wildman–Crippen LogP) is 3.86. The lowest BCUT2D eigenvalue weighted by Gasteiger charge is -2.28. The Bertz CT molecular complexity index is 827. The highest BCUT2D eigenvalue weighted by Crippen LogP contribution is 2.30. The van der Waals surface area contributed by atoms with Crippen molar-refractivity contribution in [3.8, 4) is 0 Å². The summed E-state index contributed by atoms with van der Waals surface area (Å²) in [7, 11) is 1.93. The van der Waals surface area contributed by atoms with Gasteiger partial charge in [-0.25, -0.2) is 9.79 Å². The Morgan fingerprint density at radius 1 is 1.33 bits per heavy atom. The van der Waals surface area contributed by atoms with Gasteiger partial charge in [-0.1, -0.05) is 55.1 Å². The molecule has 6 heteroatoms. The Kier molecular flexibility index (Phi) is 6.29. The molecule has 2 aliphatic rings. The minimum absolute atomic E-state index is 0.0123. The maximum absolute atomic E-state index is 11.4. The molecule has 0 aromatic heterocycles. The van der Waals surface area contributed by atoms with Crippen molar-refractivity contribution in [3.63, 3.8) is 0 Å². The van der Waals surface area contributed by atoms with E-state index < -0.39 is 5.97 Å². The lowest BCUT2D eigenvalue weighted by molar-refractivity contribution is -0.133. The molecule has 27 heavy (non-hydrogen) atoms. The minimum Gasteiger partial charge on any atom is -0.478 e. The molecule has 1 heterocycles. The van der Waals surface area contributed by atoms with E-state index in [1.165, 1.54) is 0 Å². The van der Waals surface area contributed by atoms with Gasteiger partial charge in [0.15, 0.2) is 5.17 Å². The van der Waals surface area contributed by atoms with Crippen molar-refractivity contribution in [1.82, 2.24) is 5.32 Å². The topological polar surface area (TPSA) is 74.0 Å². The van der Waals surface area contributed by atoms with Gasteiger partial charge in [0.1, 0.15) is 0 Å². The lowest BCUT2D eigenvalue weighted by atomic mass is 9.90. The maximum atomic E-state index is 11.4. The van der Waals surface area contributed by atoms with E-state index in [2.05, 4.69) is 28.5 Å². The zero-order valence-corrected chi connectivity index (χ0v) is 16.7. The first-order valence-corrected chi connectivity index (χ1v) is 10.1. The van der Waals surface area contributed by atoms with Gasteiger partial charge in [-0.15, -0.1) is 0 Å². The SMILES string of the molecule is CNC1C(C)=NC(SCC2=CCC(C)C(C(=O)O)=C2)=NC1c1ccccc1. The van der Waals surface area contributed by atoms with Crippen molar-refractivity contribution in [2.75, 3.05) is 12.8 Å². The molecule has 142 valence electrons. The lowest BCUT2D eigenvalue weighted by Crippen LogP contribution is -2.40. The summed E-state index contributed by atoms with van der Waals surface area (Å²) >= 11 is 1.56. The van der Waals surface area contributed by atoms with Crippen LogP contribution in [0.1, 0.15) is 31.9 Å². The van der Waals surface area contributed by atoms with Crippen LogP contribution < -0.4 is 5.32 Å². The summed E-state index contributed by atoms with van der Waals surface area (Å²) in [6.07, 6.45) is 4.68. The molecule has 0 radical (unpaired) electrons. The van der Waals surface area contributed by atoms with Crippen LogP contribution in [0.2, 0.25) is 0 Å². The molecule has 1 aromatic carbocycles. The van der Waals surface area contributed by atoms with Gasteiger partial charge in [0, 0.05) is 17.0 Å². The van der Waals surface area contributed by atoms with Crippen LogP contribution in [0.3, 0.4) is 0 Å². The zero-order chi connectivity index (χ0) is 19.4. The monoisotopic (exact) mass is 383 g/mol. The normalized spacial score (nSPS) is 25.2. The van der Waals surface area contributed by atoms with Crippen LogP contribution in [0.5, 0.6) is 0 Å². The first-order valence-electron chi connectivity index (χ1n) is 9.11. The second-order valence-corrected chi connectivity index (χ2v) is 7.84. The molecule has 0 bridgehead atoms. The third-order valence-electron chi connectivity index (χ3n) is 4.96. The van der Waals surface area contributed by atoms with Crippen LogP contribution in [0.25, 0.3) is 0 Å². The predicted molar refractivity (Wildman–Crippen MR) is 113 cm³/mol. The number of carboxylic acids is 1. The van der Waals surface area contributed by atoms with Crippen molar-refractivity contribution in [1.29, 1.82) is 0 Å². The van der Waals surface area contributed by atoms with E-state index in [1.807, 2.05) is 39.1 Å². The molecule has 3 rings (SSSR count). The zero-order valence-electron chi connectivity index (χ0n) is 15.8. The molecule has 1 aromatic rings. The van der Waals surface area contributed by atoms with Gasteiger partial charge in [-0.05, 0) is 43.5 Å². The van der Waals surface area contributed by atoms with E-state index in [0.717, 1.165) is 28.4 Å². The number of aliphatic carboxylic acids is 1. The van der Waals surface area contributed by atoms with Crippen LogP contribution in [0.4, 0.5) is 0 Å². The number of rotatable bonds is 5. The van der Waals surface area contributed by atoms with E-state index in [-0.39, 0.29) is 18.0 Å². The smallest absolute Gasteiger partial charge is 0.331 e. The number of amidine groups is 1. The van der Waals surface area contributed by atoms with Gasteiger partial charge in [-0.3, -0.25) is 4.99 Å². The third kappa shape index (κ3) is 4.57. The van der Waals surface area contributed by atoms with Crippen LogP contribution in [-0.4, -0.2) is 40.8 Å². The molecule has 1 aliphatic heterocycles. The fourth-order valence-corrected chi connectivity index (χ4v) is 4.30. The summed E-state index contributed by atoms with van der Waals surface area (Å²) in [4.78, 5) is 20.9. The number of likely N-dealkylation sites (N-methyl/N-ethyl adjacent to an activating group) is 1. The molecular formula is C21H25N3O2S. The Hall–Kier alpha value is -2.18. The highest BCUT2D eigenvalue weighted by Gasteiger charge is 2.28. The van der Waals surface area contributed by atoms with Crippen molar-refractivity contribution >= 4 is 28.6 Å². The number of benzene rings is 1. The summed E-state index contributed by atoms with van der Waals surface area (Å²) in [5, 5.41) is 13.4. The second kappa shape index (κ2) is 8.67. The van der Waals surface area contributed by atoms with Crippen LogP contribution in [-0.2, 0) is 4.79 Å². The molecule has 0 amide bonds. The van der Waals surface area contributed by atoms with E-state index in [0.29, 0.717) is 11.3 Å². The molecular weight excluding hydrogens is 358 g/mol. The van der Waals surface area contributed by atoms with Crippen LogP contribution in [0.15, 0.2) is 63.6 Å². The Morgan fingerprint density at radius 3 is 2.74 bits per heavy atom. The first kappa shape index (κ1) is 19.6. The van der Waals surface area contributed by atoms with Gasteiger partial charge >= 0.3 is 5.97 Å². The molecule has 0 fully saturated rings. The van der Waals surface area contributed by atoms with Gasteiger partial charge < -0.3 is 10.4 Å². The summed E-state index contributed by atoms with van der Waals surface area (Å²) < 4.78 is 0. The summed E-state index contributed by atoms with van der Waals surface area (Å²) in [6.45, 7) is 3.97. The average molecular weight is 384 g/mol. The van der Waals surface area contributed by atoms with Crippen molar-refractivity contribution in [2.45, 2.75) is 32.4 Å². The molecule has 5 nitrogen and oxygen atoms in total. The number of thioether (sulfide) groups is 1. The van der Waals surface area contributed by atoms with Crippen LogP contribution in [0, 0.1) is 5.92 Å². The first-order chi connectivity index (χ1) is 13.0. The van der Waals surface area contributed by atoms with E-state index in [4.69, 9.17) is 4.99 Å². The summed E-state index contributed by atoms with van der Waals surface area (Å²) in [5.41, 5.74) is 3.67. The molecule has 3 unspecified atom stereocenters. The average Bonchev–Trinajstić information content (AvgIpc) is 2.67. The molecule has 1 aliphatic carbocycles. The van der Waals surface area contributed by atoms with Gasteiger partial charge in [0.25, 0.3) is 0 Å². The quantitative estimate of drug-likeness (QED) is 0.810. The number of hydrogen-bond acceptors (Lipinski definition) is 5. The van der Waals surface area contributed by atoms with Crippen molar-refractivity contribution in [2.24, 2.45) is 15.9 Å². The largest absolute Gasteiger partial charge is 0.478 e. The Labute approximate surface area is 164 Å². The van der Waals surface area contributed by atoms with Crippen molar-refractivity contribution < 1.29 is 9.90 Å². The van der Waals surface area contributed by atoms with Gasteiger partial charge in [-0.2, -0.15) is 0 Å². The Morgan fingerprint density at radius 2 is 2.07 bits per heavy atom. The number of aliphatic imine (C=N–C) groups is 2. The summed E-state index contributed by atoms with van der Waals surface area (Å²) in [5.74, 6) is -0.101. The van der Waals surface area contributed by atoms with Gasteiger partial charge in [0.05, 0.1) is 12.1 Å². The van der Waals surface area contributed by atoms with E-state index in [1.54, 1.807) is 17.8 Å². The number of hydrogen-bond donors (Lipinski definition) is 2. The minimum atomic E-state index is -0.831. The molecule has 0 saturated heterocycles. The van der Waals surface area contributed by atoms with Crippen LogP contribution >= 0.6 is 11.8 Å². The highest BCUT2D eigenvalue weighted by molar-refractivity contribution is 8.14. The molecule has 0 saturated carbocycles. The number of allylic oxidation sites excluding steroid dienone is 2. The summed E-state index contributed by atoms with van der Waals surface area (Å²) in [6, 6.07) is 10.3. The third-order valence-corrected chi connectivity index (χ3v) is 5.89. The fourth-order valence-electron chi connectivity index (χ4n) is 3.40. The fraction of sp³-hybridized carbons (Fsp3) is 0.381. The number of carboxylic acid groups (broad SMARTS) is 1. The Balaban J connectivity index is 1.76. The number of nitrogens with one attached hydrogen (secondary N) is 1. The maximum Gasteiger partial charge on any atom is 0.331 e. The standard InChI is InChI=1S/C21H25N3O2S/c1-13-9-10-15(11-17(13)20(25)26)12-27-21-23-14(2)18(22-3)19(24-21)16-7-5-4-6-8-16/h4-8,10-11,13,18-19,22H,9,12H2,1-3H3,(H,25,26). The molecule has 3 atom stereocenters. The molecule has 0 spiro atoms. The van der Waals surface area contributed by atoms with E-state index >= 15 is 0 Å².